The van der Waals surface area contributed by atoms with Gasteiger partial charge in [-0.15, -0.1) is 0 Å². The van der Waals surface area contributed by atoms with Crippen molar-refractivity contribution >= 4 is 44.6 Å². The number of carbonyl (C=O) groups is 1. The first kappa shape index (κ1) is 26.5. The van der Waals surface area contributed by atoms with Gasteiger partial charge in [-0.3, -0.25) is 0 Å². The van der Waals surface area contributed by atoms with Crippen LogP contribution in [0.2, 0.25) is 5.28 Å². The SMILES string of the molecule is Cc1cc(C)c(S(=O)(=O)n2c(C[C@H](C)NC(=O)O)c(C)c3c(NCc4ccco4)nc(Cl)nc32)c(C)c1. The highest BCUT2D eigenvalue weighted by Gasteiger charge is 2.31. The maximum absolute atomic E-state index is 14.3. The summed E-state index contributed by atoms with van der Waals surface area (Å²) >= 11 is 6.29. The molecule has 37 heavy (non-hydrogen) atoms. The molecule has 12 heteroatoms. The molecule has 0 aliphatic rings. The Morgan fingerprint density at radius 2 is 1.86 bits per heavy atom. The van der Waals surface area contributed by atoms with Gasteiger partial charge in [-0.1, -0.05) is 17.7 Å². The van der Waals surface area contributed by atoms with Gasteiger partial charge in [-0.2, -0.15) is 4.98 Å². The molecule has 4 aromatic rings. The lowest BCUT2D eigenvalue weighted by Crippen LogP contribution is -2.34. The molecule has 0 fully saturated rings. The van der Waals surface area contributed by atoms with Crippen LogP contribution < -0.4 is 10.6 Å². The van der Waals surface area contributed by atoms with Gasteiger partial charge in [-0.25, -0.2) is 22.2 Å². The highest BCUT2D eigenvalue weighted by atomic mass is 35.5. The number of nitrogens with zero attached hydrogens (tertiary/aromatic N) is 3. The average molecular weight is 546 g/mol. The number of hydrogen-bond donors (Lipinski definition) is 3. The number of hydrogen-bond acceptors (Lipinski definition) is 7. The molecule has 0 bridgehead atoms. The Balaban J connectivity index is 1.99. The van der Waals surface area contributed by atoms with E-state index in [1.54, 1.807) is 46.1 Å². The van der Waals surface area contributed by atoms with Crippen LogP contribution in [0.5, 0.6) is 0 Å². The molecule has 1 aromatic carbocycles. The molecule has 1 amide bonds. The number of nitrogens with one attached hydrogen (secondary N) is 2. The fourth-order valence-electron chi connectivity index (χ4n) is 4.76. The molecule has 0 saturated carbocycles. The summed E-state index contributed by atoms with van der Waals surface area (Å²) in [5, 5.41) is 15.1. The molecule has 3 aromatic heterocycles. The van der Waals surface area contributed by atoms with Crippen LogP contribution >= 0.6 is 11.6 Å². The lowest BCUT2D eigenvalue weighted by Gasteiger charge is -2.18. The number of halogens is 1. The van der Waals surface area contributed by atoms with E-state index in [0.717, 1.165) is 5.56 Å². The number of carboxylic acid groups (broad SMARTS) is 1. The Bertz CT molecular complexity index is 1570. The lowest BCUT2D eigenvalue weighted by molar-refractivity contribution is 0.190. The van der Waals surface area contributed by atoms with Crippen molar-refractivity contribution in [3.63, 3.8) is 0 Å². The van der Waals surface area contributed by atoms with Crippen LogP contribution in [-0.4, -0.2) is 39.6 Å². The monoisotopic (exact) mass is 545 g/mol. The Kier molecular flexibility index (Phi) is 7.20. The van der Waals surface area contributed by atoms with Gasteiger partial charge in [0.15, 0.2) is 5.65 Å². The Morgan fingerprint density at radius 3 is 2.46 bits per heavy atom. The van der Waals surface area contributed by atoms with E-state index < -0.39 is 22.2 Å². The molecule has 0 aliphatic carbocycles. The zero-order chi connectivity index (χ0) is 27.1. The number of fused-ring (bicyclic) bond motifs is 1. The van der Waals surface area contributed by atoms with Crippen LogP contribution in [0.3, 0.4) is 0 Å². The van der Waals surface area contributed by atoms with E-state index in [1.807, 2.05) is 19.1 Å². The van der Waals surface area contributed by atoms with Gasteiger partial charge in [0.1, 0.15) is 11.6 Å². The predicted octanol–water partition coefficient (Wildman–Crippen LogP) is 4.96. The Morgan fingerprint density at radius 1 is 1.19 bits per heavy atom. The van der Waals surface area contributed by atoms with Crippen LogP contribution in [0.15, 0.2) is 39.8 Å². The fourth-order valence-corrected chi connectivity index (χ4v) is 6.90. The maximum Gasteiger partial charge on any atom is 0.404 e. The predicted molar refractivity (Wildman–Crippen MR) is 141 cm³/mol. The van der Waals surface area contributed by atoms with Crippen molar-refractivity contribution in [3.05, 3.63) is 69.5 Å². The maximum atomic E-state index is 14.3. The third kappa shape index (κ3) is 5.14. The van der Waals surface area contributed by atoms with Gasteiger partial charge in [-0.05, 0) is 75.0 Å². The van der Waals surface area contributed by atoms with Gasteiger partial charge in [0.2, 0.25) is 5.28 Å². The van der Waals surface area contributed by atoms with E-state index in [1.165, 1.54) is 3.97 Å². The number of furan rings is 1. The van der Waals surface area contributed by atoms with E-state index in [-0.39, 0.29) is 28.8 Å². The van der Waals surface area contributed by atoms with Crippen LogP contribution in [0.25, 0.3) is 11.0 Å². The average Bonchev–Trinajstić information content (AvgIpc) is 3.37. The minimum Gasteiger partial charge on any atom is -0.467 e. The molecule has 0 unspecified atom stereocenters. The summed E-state index contributed by atoms with van der Waals surface area (Å²) < 4.78 is 35.2. The first-order valence-electron chi connectivity index (χ1n) is 11.6. The number of aryl methyl sites for hydroxylation is 4. The van der Waals surface area contributed by atoms with Crippen molar-refractivity contribution in [2.24, 2.45) is 0 Å². The van der Waals surface area contributed by atoms with Crippen molar-refractivity contribution in [2.45, 2.75) is 58.5 Å². The van der Waals surface area contributed by atoms with E-state index in [0.29, 0.717) is 39.3 Å². The smallest absolute Gasteiger partial charge is 0.404 e. The number of anilines is 1. The van der Waals surface area contributed by atoms with Crippen LogP contribution in [0.1, 0.15) is 40.6 Å². The van der Waals surface area contributed by atoms with E-state index in [9.17, 15) is 18.3 Å². The highest BCUT2D eigenvalue weighted by Crippen LogP contribution is 2.36. The van der Waals surface area contributed by atoms with Crippen LogP contribution in [0.4, 0.5) is 10.6 Å². The van der Waals surface area contributed by atoms with E-state index >= 15 is 0 Å². The molecule has 196 valence electrons. The van der Waals surface area contributed by atoms with Gasteiger partial charge in [0.25, 0.3) is 10.0 Å². The molecular formula is C25H28ClN5O5S. The van der Waals surface area contributed by atoms with Gasteiger partial charge >= 0.3 is 6.09 Å². The molecule has 3 N–H and O–H groups in total. The van der Waals surface area contributed by atoms with Crippen LogP contribution in [-0.2, 0) is 23.0 Å². The molecule has 3 heterocycles. The second-order valence-corrected chi connectivity index (χ2v) is 11.2. The summed E-state index contributed by atoms with van der Waals surface area (Å²) in [6, 6.07) is 6.59. The highest BCUT2D eigenvalue weighted by molar-refractivity contribution is 7.90. The number of benzene rings is 1. The Labute approximate surface area is 219 Å². The second-order valence-electron chi connectivity index (χ2n) is 9.10. The fraction of sp³-hybridized carbons (Fsp3) is 0.320. The van der Waals surface area contributed by atoms with Crippen molar-refractivity contribution in [1.29, 1.82) is 0 Å². The minimum absolute atomic E-state index is 0.0902. The van der Waals surface area contributed by atoms with E-state index in [4.69, 9.17) is 16.0 Å². The van der Waals surface area contributed by atoms with Crippen LogP contribution in [0, 0.1) is 27.7 Å². The van der Waals surface area contributed by atoms with E-state index in [2.05, 4.69) is 20.6 Å². The first-order valence-corrected chi connectivity index (χ1v) is 13.4. The summed E-state index contributed by atoms with van der Waals surface area (Å²) in [6.45, 7) is 9.12. The van der Waals surface area contributed by atoms with Gasteiger partial charge in [0.05, 0.1) is 23.1 Å². The number of rotatable bonds is 8. The topological polar surface area (TPSA) is 139 Å². The number of amides is 1. The summed E-state index contributed by atoms with van der Waals surface area (Å²) in [7, 11) is -4.17. The first-order chi connectivity index (χ1) is 17.4. The summed E-state index contributed by atoms with van der Waals surface area (Å²) in [5.41, 5.74) is 3.21. The standard InChI is InChI=1S/C25H28ClN5O5S/c1-13-9-14(2)21(15(3)10-13)37(34,35)31-19(11-16(4)28-25(32)33)17(5)20-22(29-24(26)30-23(20)31)27-12-18-7-6-8-36-18/h6-10,16,28H,11-12H2,1-5H3,(H,32,33)(H,27,29,30)/t16-/m0/s1. The zero-order valence-corrected chi connectivity index (χ0v) is 22.7. The molecule has 4 rings (SSSR count). The second kappa shape index (κ2) is 10.1. The van der Waals surface area contributed by atoms with Crippen molar-refractivity contribution in [3.8, 4) is 0 Å². The molecule has 10 nitrogen and oxygen atoms in total. The molecule has 0 spiro atoms. The van der Waals surface area contributed by atoms with Gasteiger partial charge < -0.3 is 20.2 Å². The molecule has 0 saturated heterocycles. The Hall–Kier alpha value is -3.57. The largest absolute Gasteiger partial charge is 0.467 e. The number of aromatic nitrogens is 3. The summed E-state index contributed by atoms with van der Waals surface area (Å²) in [5.74, 6) is 0.994. The quantitative estimate of drug-likeness (QED) is 0.264. The third-order valence-electron chi connectivity index (χ3n) is 6.09. The molecule has 0 radical (unpaired) electrons. The zero-order valence-electron chi connectivity index (χ0n) is 21.1. The molecule has 0 aliphatic heterocycles. The molecular weight excluding hydrogens is 518 g/mol. The van der Waals surface area contributed by atoms with Crippen molar-refractivity contribution in [2.75, 3.05) is 5.32 Å². The lowest BCUT2D eigenvalue weighted by atomic mass is 10.1. The molecule has 1 atom stereocenters. The van der Waals surface area contributed by atoms with Gasteiger partial charge in [0, 0.05) is 18.2 Å². The van der Waals surface area contributed by atoms with Crippen molar-refractivity contribution in [1.82, 2.24) is 19.3 Å². The summed E-state index contributed by atoms with van der Waals surface area (Å²) in [4.78, 5) is 20.1. The summed E-state index contributed by atoms with van der Waals surface area (Å²) in [6.07, 6.45) is 0.437. The van der Waals surface area contributed by atoms with Crippen molar-refractivity contribution < 1.29 is 22.7 Å². The normalized spacial score (nSPS) is 12.6. The third-order valence-corrected chi connectivity index (χ3v) is 8.29. The minimum atomic E-state index is -4.17.